The zero-order valence-electron chi connectivity index (χ0n) is 11.3. The lowest BCUT2D eigenvalue weighted by Gasteiger charge is -2.14. The molecule has 0 amide bonds. The van der Waals surface area contributed by atoms with E-state index in [2.05, 4.69) is 41.5 Å². The second-order valence-corrected chi connectivity index (χ2v) is 3.48. The van der Waals surface area contributed by atoms with Crippen LogP contribution in [0.1, 0.15) is 74.7 Å². The average Bonchev–Trinajstić information content (AvgIpc) is 2.19. The summed E-state index contributed by atoms with van der Waals surface area (Å²) < 4.78 is 0. The molecule has 0 radical (unpaired) electrons. The van der Waals surface area contributed by atoms with Crippen LogP contribution in [-0.4, -0.2) is 0 Å². The maximum absolute atomic E-state index is 2.33. The minimum atomic E-state index is 0.917. The highest BCUT2D eigenvalue weighted by molar-refractivity contribution is 4.56. The lowest BCUT2D eigenvalue weighted by Crippen LogP contribution is -2.04. The maximum atomic E-state index is 2.33. The number of hydrogen-bond donors (Lipinski definition) is 0. The fourth-order valence-electron chi connectivity index (χ4n) is 0.805. The molecular formula is C13H32. The standard InChI is InChI=1S/C8H18.C3H8.C2H6/c1-5-7(3)8(4)6-2;1-3-2;1-2/h7-8H,5-6H2,1-4H3;3H2,1-2H3;1-2H3. The van der Waals surface area contributed by atoms with Gasteiger partial charge in [0, 0.05) is 0 Å². The Morgan fingerprint density at radius 2 is 0.846 bits per heavy atom. The van der Waals surface area contributed by atoms with Gasteiger partial charge in [-0.15, -0.1) is 0 Å². The first kappa shape index (κ1) is 18.7. The molecule has 0 fully saturated rings. The summed E-state index contributed by atoms with van der Waals surface area (Å²) in [6.45, 7) is 17.4. The fraction of sp³-hybridized carbons (Fsp3) is 1.00. The molecule has 84 valence electrons. The molecule has 0 nitrogen and oxygen atoms in total. The van der Waals surface area contributed by atoms with Crippen molar-refractivity contribution in [3.8, 4) is 0 Å². The molecule has 0 aromatic carbocycles. The van der Waals surface area contributed by atoms with Gasteiger partial charge in [-0.2, -0.15) is 0 Å². The van der Waals surface area contributed by atoms with Gasteiger partial charge in [-0.25, -0.2) is 0 Å². The summed E-state index contributed by atoms with van der Waals surface area (Å²) in [5.74, 6) is 1.83. The summed E-state index contributed by atoms with van der Waals surface area (Å²) in [6.07, 6.45) is 3.91. The molecule has 0 aromatic heterocycles. The van der Waals surface area contributed by atoms with Gasteiger partial charge in [0.2, 0.25) is 0 Å². The van der Waals surface area contributed by atoms with E-state index >= 15 is 0 Å². The SMILES string of the molecule is CC.CCC.CCC(C)C(C)CC. The van der Waals surface area contributed by atoms with Gasteiger partial charge in [-0.3, -0.25) is 0 Å². The molecule has 0 aliphatic rings. The highest BCUT2D eigenvalue weighted by Crippen LogP contribution is 2.16. The first-order valence-corrected chi connectivity index (χ1v) is 6.13. The third-order valence-corrected chi connectivity index (χ3v) is 2.26. The normalized spacial score (nSPS) is 12.9. The van der Waals surface area contributed by atoms with E-state index in [1.807, 2.05) is 13.8 Å². The molecule has 0 heteroatoms. The minimum Gasteiger partial charge on any atom is -0.0683 e. The van der Waals surface area contributed by atoms with Crippen LogP contribution in [-0.2, 0) is 0 Å². The Kier molecular flexibility index (Phi) is 25.8. The lowest BCUT2D eigenvalue weighted by atomic mass is 9.92. The van der Waals surface area contributed by atoms with Gasteiger partial charge in [0.15, 0.2) is 0 Å². The van der Waals surface area contributed by atoms with Crippen molar-refractivity contribution in [3.05, 3.63) is 0 Å². The predicted molar refractivity (Wildman–Crippen MR) is 66.2 cm³/mol. The smallest absolute Gasteiger partial charge is 0.0420 e. The molecule has 2 atom stereocenters. The molecule has 0 bridgehead atoms. The van der Waals surface area contributed by atoms with E-state index < -0.39 is 0 Å². The van der Waals surface area contributed by atoms with Crippen LogP contribution in [0.5, 0.6) is 0 Å². The molecule has 2 unspecified atom stereocenters. The van der Waals surface area contributed by atoms with Crippen molar-refractivity contribution >= 4 is 0 Å². The molecule has 0 spiro atoms. The summed E-state index contributed by atoms with van der Waals surface area (Å²) in [4.78, 5) is 0. The van der Waals surface area contributed by atoms with Gasteiger partial charge in [0.25, 0.3) is 0 Å². The first-order chi connectivity index (χ1) is 6.13. The van der Waals surface area contributed by atoms with E-state index in [1.54, 1.807) is 0 Å². The molecule has 0 N–H and O–H groups in total. The predicted octanol–water partition coefficient (Wildman–Crippen LogP) is 5.52. The monoisotopic (exact) mass is 188 g/mol. The van der Waals surface area contributed by atoms with Crippen molar-refractivity contribution in [1.82, 2.24) is 0 Å². The highest BCUT2D eigenvalue weighted by atomic mass is 14.1. The molecule has 0 saturated carbocycles. The Morgan fingerprint density at radius 1 is 0.692 bits per heavy atom. The zero-order valence-corrected chi connectivity index (χ0v) is 11.3. The van der Waals surface area contributed by atoms with E-state index in [4.69, 9.17) is 0 Å². The largest absolute Gasteiger partial charge is 0.0683 e. The van der Waals surface area contributed by atoms with Crippen molar-refractivity contribution < 1.29 is 0 Å². The average molecular weight is 188 g/mol. The van der Waals surface area contributed by atoms with Gasteiger partial charge in [0.1, 0.15) is 0 Å². The van der Waals surface area contributed by atoms with Crippen molar-refractivity contribution in [3.63, 3.8) is 0 Å². The van der Waals surface area contributed by atoms with Crippen LogP contribution in [0, 0.1) is 11.8 Å². The molecule has 13 heavy (non-hydrogen) atoms. The lowest BCUT2D eigenvalue weighted by molar-refractivity contribution is 0.367. The van der Waals surface area contributed by atoms with Crippen LogP contribution in [0.2, 0.25) is 0 Å². The topological polar surface area (TPSA) is 0 Å². The zero-order chi connectivity index (χ0) is 11.3. The Bertz CT molecular complexity index is 49.1. The first-order valence-electron chi connectivity index (χ1n) is 6.13. The Balaban J connectivity index is -0.000000169. The summed E-state index contributed by atoms with van der Waals surface area (Å²) in [5, 5.41) is 0. The molecule has 0 aliphatic carbocycles. The molecule has 0 rings (SSSR count). The van der Waals surface area contributed by atoms with Crippen LogP contribution >= 0.6 is 0 Å². The van der Waals surface area contributed by atoms with Crippen LogP contribution in [0.4, 0.5) is 0 Å². The van der Waals surface area contributed by atoms with Crippen LogP contribution < -0.4 is 0 Å². The number of hydrogen-bond acceptors (Lipinski definition) is 0. The molecular weight excluding hydrogens is 156 g/mol. The summed E-state index contributed by atoms with van der Waals surface area (Å²) in [6, 6.07) is 0. The van der Waals surface area contributed by atoms with E-state index in [0.29, 0.717) is 0 Å². The Labute approximate surface area is 87.1 Å². The van der Waals surface area contributed by atoms with Crippen molar-refractivity contribution in [2.45, 2.75) is 74.7 Å². The van der Waals surface area contributed by atoms with E-state index in [0.717, 1.165) is 11.8 Å². The molecule has 0 saturated heterocycles. The summed E-state index contributed by atoms with van der Waals surface area (Å²) >= 11 is 0. The van der Waals surface area contributed by atoms with Gasteiger partial charge in [0.05, 0.1) is 0 Å². The van der Waals surface area contributed by atoms with Crippen LogP contribution in [0.15, 0.2) is 0 Å². The van der Waals surface area contributed by atoms with Crippen molar-refractivity contribution in [1.29, 1.82) is 0 Å². The van der Waals surface area contributed by atoms with E-state index in [-0.39, 0.29) is 0 Å². The van der Waals surface area contributed by atoms with Gasteiger partial charge in [-0.1, -0.05) is 74.7 Å². The van der Waals surface area contributed by atoms with Crippen LogP contribution in [0.3, 0.4) is 0 Å². The van der Waals surface area contributed by atoms with E-state index in [1.165, 1.54) is 19.3 Å². The second kappa shape index (κ2) is 17.9. The molecule has 0 aliphatic heterocycles. The van der Waals surface area contributed by atoms with Crippen molar-refractivity contribution in [2.75, 3.05) is 0 Å². The number of rotatable bonds is 3. The molecule has 0 aromatic rings. The van der Waals surface area contributed by atoms with Gasteiger partial charge in [-0.05, 0) is 11.8 Å². The third-order valence-electron chi connectivity index (χ3n) is 2.26. The van der Waals surface area contributed by atoms with Gasteiger partial charge < -0.3 is 0 Å². The van der Waals surface area contributed by atoms with Gasteiger partial charge >= 0.3 is 0 Å². The Morgan fingerprint density at radius 3 is 0.923 bits per heavy atom. The third kappa shape index (κ3) is 18.8. The van der Waals surface area contributed by atoms with Crippen molar-refractivity contribution in [2.24, 2.45) is 11.8 Å². The minimum absolute atomic E-state index is 0.917. The molecule has 0 heterocycles. The summed E-state index contributed by atoms with van der Waals surface area (Å²) in [7, 11) is 0. The second-order valence-electron chi connectivity index (χ2n) is 3.48. The fourth-order valence-corrected chi connectivity index (χ4v) is 0.805. The Hall–Kier alpha value is 0. The quantitative estimate of drug-likeness (QED) is 0.547. The van der Waals surface area contributed by atoms with E-state index in [9.17, 15) is 0 Å². The van der Waals surface area contributed by atoms with Crippen LogP contribution in [0.25, 0.3) is 0 Å². The maximum Gasteiger partial charge on any atom is -0.0420 e. The summed E-state index contributed by atoms with van der Waals surface area (Å²) in [5.41, 5.74) is 0. The highest BCUT2D eigenvalue weighted by Gasteiger charge is 2.05.